The summed E-state index contributed by atoms with van der Waals surface area (Å²) < 4.78 is 3.85. The van der Waals surface area contributed by atoms with Gasteiger partial charge in [0.1, 0.15) is 5.81 Å². The summed E-state index contributed by atoms with van der Waals surface area (Å²) in [6, 6.07) is 0. The van der Waals surface area contributed by atoms with Gasteiger partial charge in [-0.2, -0.15) is 5.26 Å². The van der Waals surface area contributed by atoms with Gasteiger partial charge < -0.3 is 0 Å². The van der Waals surface area contributed by atoms with Crippen LogP contribution in [0.1, 0.15) is 0 Å². The Balaban J connectivity index is 3.87. The van der Waals surface area contributed by atoms with E-state index in [-0.39, 0.29) is 0 Å². The van der Waals surface area contributed by atoms with Crippen LogP contribution in [0.15, 0.2) is 0 Å². The van der Waals surface area contributed by atoms with Crippen LogP contribution in [0.3, 0.4) is 0 Å². The summed E-state index contributed by atoms with van der Waals surface area (Å²) in [5.74, 6) is 2.22. The second kappa shape index (κ2) is 3.79. The van der Waals surface area contributed by atoms with Crippen molar-refractivity contribution < 1.29 is 0 Å². The summed E-state index contributed by atoms with van der Waals surface area (Å²) in [6.07, 6.45) is 0. The molecule has 0 aliphatic carbocycles. The Morgan fingerprint density at radius 3 is 1.44 bits per heavy atom. The molecule has 0 spiro atoms. The van der Waals surface area contributed by atoms with Crippen molar-refractivity contribution in [3.05, 3.63) is 0 Å². The second-order valence-corrected chi connectivity index (χ2v) is 4.46. The molecule has 4 heteroatoms. The average Bonchev–Trinajstić information content (AvgIpc) is 1.64. The van der Waals surface area contributed by atoms with E-state index in [1.54, 1.807) is 0 Å². The highest BCUT2D eigenvalue weighted by Crippen LogP contribution is 2.37. The zero-order valence-electron chi connectivity index (χ0n) is 6.29. The zero-order chi connectivity index (χ0) is 7.44. The first-order valence-corrected chi connectivity index (χ1v) is 3.88. The van der Waals surface area contributed by atoms with Gasteiger partial charge in [0, 0.05) is 0 Å². The molecule has 0 saturated carbocycles. The highest BCUT2D eigenvalue weighted by Gasteiger charge is 2.11. The first-order chi connectivity index (χ1) is 4.09. The molecule has 0 heterocycles. The molecule has 52 valence electrons. The van der Waals surface area contributed by atoms with E-state index in [0.717, 1.165) is 0 Å². The van der Waals surface area contributed by atoms with Crippen molar-refractivity contribution in [3.63, 3.8) is 0 Å². The Kier molecular flexibility index (Phi) is 3.72. The highest BCUT2D eigenvalue weighted by atomic mass is 31.1. The van der Waals surface area contributed by atoms with Crippen molar-refractivity contribution in [1.82, 2.24) is 9.34 Å². The topological polar surface area (TPSA) is 30.3 Å². The molecule has 0 rings (SSSR count). The highest BCUT2D eigenvalue weighted by molar-refractivity contribution is 7.57. The van der Waals surface area contributed by atoms with Crippen molar-refractivity contribution in [2.75, 3.05) is 28.2 Å². The number of rotatable bonds is 2. The van der Waals surface area contributed by atoms with Crippen molar-refractivity contribution in [2.45, 2.75) is 0 Å². The SMILES string of the molecule is CN(C)P(C#N)N(C)C. The van der Waals surface area contributed by atoms with E-state index < -0.39 is 8.22 Å². The van der Waals surface area contributed by atoms with Gasteiger partial charge in [-0.05, 0) is 28.2 Å². The quantitative estimate of drug-likeness (QED) is 0.541. The molecule has 0 amide bonds. The normalized spacial score (nSPS) is 10.9. The lowest BCUT2D eigenvalue weighted by Gasteiger charge is -2.22. The van der Waals surface area contributed by atoms with Crippen LogP contribution in [0, 0.1) is 11.1 Å². The van der Waals surface area contributed by atoms with E-state index in [1.807, 2.05) is 37.5 Å². The monoisotopic (exact) mass is 145 g/mol. The minimum atomic E-state index is -0.704. The van der Waals surface area contributed by atoms with Crippen LogP contribution in [-0.2, 0) is 0 Å². The molecule has 0 aromatic carbocycles. The Labute approximate surface area is 57.7 Å². The summed E-state index contributed by atoms with van der Waals surface area (Å²) >= 11 is 0. The standard InChI is InChI=1S/C5H12N3P/c1-7(2)9(5-6)8(3)4/h1-4H3. The largest absolute Gasteiger partial charge is 0.264 e. The number of nitrogens with zero attached hydrogens (tertiary/aromatic N) is 3. The Morgan fingerprint density at radius 2 is 1.44 bits per heavy atom. The van der Waals surface area contributed by atoms with Gasteiger partial charge in [-0.1, -0.05) is 0 Å². The van der Waals surface area contributed by atoms with Crippen molar-refractivity contribution in [3.8, 4) is 5.81 Å². The van der Waals surface area contributed by atoms with E-state index in [1.165, 1.54) is 0 Å². The molecule has 0 unspecified atom stereocenters. The van der Waals surface area contributed by atoms with Crippen LogP contribution in [0.5, 0.6) is 0 Å². The van der Waals surface area contributed by atoms with Crippen LogP contribution in [0.2, 0.25) is 0 Å². The van der Waals surface area contributed by atoms with Gasteiger partial charge in [0.25, 0.3) is 0 Å². The molecule has 0 aliphatic rings. The molecular formula is C5H12N3P. The van der Waals surface area contributed by atoms with Gasteiger partial charge in [-0.15, -0.1) is 0 Å². The first-order valence-electron chi connectivity index (χ1n) is 2.64. The zero-order valence-corrected chi connectivity index (χ0v) is 7.18. The number of hydrogen-bond acceptors (Lipinski definition) is 3. The molecular weight excluding hydrogens is 133 g/mol. The minimum absolute atomic E-state index is 0.704. The van der Waals surface area contributed by atoms with Crippen LogP contribution >= 0.6 is 8.22 Å². The fraction of sp³-hybridized carbons (Fsp3) is 0.800. The van der Waals surface area contributed by atoms with Crippen LogP contribution < -0.4 is 0 Å². The Bertz CT molecular complexity index is 108. The summed E-state index contributed by atoms with van der Waals surface area (Å²) in [5, 5.41) is 8.56. The van der Waals surface area contributed by atoms with E-state index in [0.29, 0.717) is 0 Å². The third-order valence-electron chi connectivity index (χ3n) is 0.847. The summed E-state index contributed by atoms with van der Waals surface area (Å²) in [4.78, 5) is 0. The molecule has 0 atom stereocenters. The maximum atomic E-state index is 8.56. The van der Waals surface area contributed by atoms with Crippen LogP contribution in [0.4, 0.5) is 0 Å². The van der Waals surface area contributed by atoms with Gasteiger partial charge in [0.05, 0.1) is 0 Å². The molecule has 0 aromatic heterocycles. The molecule has 0 aromatic rings. The molecule has 3 nitrogen and oxygen atoms in total. The maximum Gasteiger partial charge on any atom is 0.151 e. The first kappa shape index (κ1) is 8.84. The Hall–Kier alpha value is -0.160. The summed E-state index contributed by atoms with van der Waals surface area (Å²) in [7, 11) is 6.94. The van der Waals surface area contributed by atoms with Crippen molar-refractivity contribution >= 4 is 8.22 Å². The Morgan fingerprint density at radius 1 is 1.11 bits per heavy atom. The molecule has 0 saturated heterocycles. The predicted molar refractivity (Wildman–Crippen MR) is 39.9 cm³/mol. The lowest BCUT2D eigenvalue weighted by atomic mass is 11.3. The van der Waals surface area contributed by atoms with E-state index in [9.17, 15) is 0 Å². The van der Waals surface area contributed by atoms with Crippen LogP contribution in [0.25, 0.3) is 0 Å². The number of nitriles is 1. The lowest BCUT2D eigenvalue weighted by molar-refractivity contribution is 0.585. The van der Waals surface area contributed by atoms with E-state index >= 15 is 0 Å². The second-order valence-electron chi connectivity index (χ2n) is 2.08. The maximum absolute atomic E-state index is 8.56. The summed E-state index contributed by atoms with van der Waals surface area (Å²) in [6.45, 7) is 0. The van der Waals surface area contributed by atoms with Gasteiger partial charge in [-0.25, -0.2) is 0 Å². The van der Waals surface area contributed by atoms with Gasteiger partial charge in [0.15, 0.2) is 8.22 Å². The third kappa shape index (κ3) is 2.76. The number of hydrogen-bond donors (Lipinski definition) is 0. The van der Waals surface area contributed by atoms with Gasteiger partial charge >= 0.3 is 0 Å². The van der Waals surface area contributed by atoms with Crippen molar-refractivity contribution in [2.24, 2.45) is 0 Å². The van der Waals surface area contributed by atoms with E-state index in [4.69, 9.17) is 5.26 Å². The molecule has 0 bridgehead atoms. The minimum Gasteiger partial charge on any atom is -0.264 e. The lowest BCUT2D eigenvalue weighted by Crippen LogP contribution is -2.15. The molecule has 0 aliphatic heterocycles. The fourth-order valence-corrected chi connectivity index (χ4v) is 1.61. The molecule has 0 N–H and O–H groups in total. The van der Waals surface area contributed by atoms with Crippen molar-refractivity contribution in [1.29, 1.82) is 5.26 Å². The smallest absolute Gasteiger partial charge is 0.151 e. The van der Waals surface area contributed by atoms with Gasteiger partial charge in [0.2, 0.25) is 0 Å². The predicted octanol–water partition coefficient (Wildman–Crippen LogP) is 0.903. The average molecular weight is 145 g/mol. The summed E-state index contributed by atoms with van der Waals surface area (Å²) in [5.41, 5.74) is 0. The third-order valence-corrected chi connectivity index (χ3v) is 2.54. The fourth-order valence-electron chi connectivity index (χ4n) is 0.537. The molecule has 9 heavy (non-hydrogen) atoms. The van der Waals surface area contributed by atoms with Gasteiger partial charge in [-0.3, -0.25) is 9.34 Å². The van der Waals surface area contributed by atoms with E-state index in [2.05, 4.69) is 5.81 Å². The molecule has 0 fully saturated rings. The van der Waals surface area contributed by atoms with Crippen LogP contribution in [-0.4, -0.2) is 37.5 Å². The molecule has 0 radical (unpaired) electrons.